The molecule has 2 fully saturated rings. The van der Waals surface area contributed by atoms with Crippen LogP contribution in [0.2, 0.25) is 0 Å². The van der Waals surface area contributed by atoms with E-state index in [9.17, 15) is 9.59 Å². The van der Waals surface area contributed by atoms with Crippen molar-refractivity contribution < 1.29 is 9.59 Å². The van der Waals surface area contributed by atoms with Gasteiger partial charge in [-0.3, -0.25) is 4.79 Å². The number of piperidine rings is 1. The third kappa shape index (κ3) is 3.44. The van der Waals surface area contributed by atoms with Crippen LogP contribution in [-0.2, 0) is 4.79 Å². The first-order chi connectivity index (χ1) is 13.5. The number of hydrogen-bond acceptors (Lipinski definition) is 5. The minimum absolute atomic E-state index is 0.0767. The normalized spacial score (nSPS) is 18.5. The standard InChI is InChI=1S/C21H25N5O2/c1-15(2)20-22-11-8-18(23-20)24-12-9-16(10-13-24)25-14-19(27)26(21(25)28)17-6-4-3-5-7-17/h3-8,11,15-16H,9-10,12-14H2,1-2H3. The van der Waals surface area contributed by atoms with Gasteiger partial charge in [-0.1, -0.05) is 32.0 Å². The van der Waals surface area contributed by atoms with Crippen LogP contribution in [0.3, 0.4) is 0 Å². The second-order valence-corrected chi connectivity index (χ2v) is 7.62. The number of rotatable bonds is 4. The van der Waals surface area contributed by atoms with Crippen LogP contribution in [0.4, 0.5) is 16.3 Å². The summed E-state index contributed by atoms with van der Waals surface area (Å²) in [4.78, 5) is 39.6. The van der Waals surface area contributed by atoms with E-state index < -0.39 is 0 Å². The van der Waals surface area contributed by atoms with Gasteiger partial charge in [-0.25, -0.2) is 19.7 Å². The number of hydrogen-bond donors (Lipinski definition) is 0. The van der Waals surface area contributed by atoms with Gasteiger partial charge in [0.05, 0.1) is 5.69 Å². The molecule has 2 aromatic rings. The lowest BCUT2D eigenvalue weighted by molar-refractivity contribution is -0.116. The third-order valence-electron chi connectivity index (χ3n) is 5.41. The lowest BCUT2D eigenvalue weighted by Gasteiger charge is -2.36. The minimum Gasteiger partial charge on any atom is -0.356 e. The van der Waals surface area contributed by atoms with Gasteiger partial charge in [0, 0.05) is 31.2 Å². The molecule has 0 N–H and O–H groups in total. The van der Waals surface area contributed by atoms with Crippen molar-refractivity contribution in [2.45, 2.75) is 38.6 Å². The largest absolute Gasteiger partial charge is 0.356 e. The van der Waals surface area contributed by atoms with E-state index in [1.165, 1.54) is 4.90 Å². The number of anilines is 2. The van der Waals surface area contributed by atoms with E-state index in [0.29, 0.717) is 5.69 Å². The number of carbonyl (C=O) groups excluding carboxylic acids is 2. The molecule has 1 aromatic heterocycles. The molecule has 0 unspecified atom stereocenters. The van der Waals surface area contributed by atoms with E-state index in [-0.39, 0.29) is 30.4 Å². The number of amides is 3. The van der Waals surface area contributed by atoms with Crippen molar-refractivity contribution in [1.82, 2.24) is 14.9 Å². The van der Waals surface area contributed by atoms with Crippen molar-refractivity contribution in [3.63, 3.8) is 0 Å². The van der Waals surface area contributed by atoms with E-state index in [4.69, 9.17) is 0 Å². The smallest absolute Gasteiger partial charge is 0.332 e. The van der Waals surface area contributed by atoms with E-state index in [1.807, 2.05) is 30.5 Å². The summed E-state index contributed by atoms with van der Waals surface area (Å²) in [7, 11) is 0. The van der Waals surface area contributed by atoms with Gasteiger partial charge in [0.15, 0.2) is 0 Å². The van der Waals surface area contributed by atoms with Crippen molar-refractivity contribution >= 4 is 23.4 Å². The molecule has 1 aromatic carbocycles. The number of urea groups is 1. The van der Waals surface area contributed by atoms with Crippen molar-refractivity contribution in [3.8, 4) is 0 Å². The van der Waals surface area contributed by atoms with Gasteiger partial charge in [-0.2, -0.15) is 0 Å². The van der Waals surface area contributed by atoms with E-state index in [0.717, 1.165) is 37.6 Å². The molecule has 7 heteroatoms. The van der Waals surface area contributed by atoms with Gasteiger partial charge in [-0.15, -0.1) is 0 Å². The maximum Gasteiger partial charge on any atom is 0.332 e. The molecule has 2 aliphatic heterocycles. The van der Waals surface area contributed by atoms with Crippen LogP contribution in [0.25, 0.3) is 0 Å². The molecule has 0 spiro atoms. The Morgan fingerprint density at radius 2 is 1.75 bits per heavy atom. The first-order valence-corrected chi connectivity index (χ1v) is 9.81. The number of nitrogens with zero attached hydrogens (tertiary/aromatic N) is 5. The van der Waals surface area contributed by atoms with Gasteiger partial charge < -0.3 is 9.80 Å². The number of imide groups is 1. The number of carbonyl (C=O) groups is 2. The lowest BCUT2D eigenvalue weighted by atomic mass is 10.0. The topological polar surface area (TPSA) is 69.6 Å². The quantitative estimate of drug-likeness (QED) is 0.764. The molecular formula is C21H25N5O2. The van der Waals surface area contributed by atoms with Crippen LogP contribution in [-0.4, -0.2) is 52.5 Å². The Hall–Kier alpha value is -2.96. The zero-order chi connectivity index (χ0) is 19.7. The predicted octanol–water partition coefficient (Wildman–Crippen LogP) is 3.04. The molecule has 7 nitrogen and oxygen atoms in total. The molecule has 2 saturated heterocycles. The molecule has 0 radical (unpaired) electrons. The third-order valence-corrected chi connectivity index (χ3v) is 5.41. The molecule has 0 saturated carbocycles. The van der Waals surface area contributed by atoms with Crippen LogP contribution >= 0.6 is 0 Å². The molecule has 146 valence electrons. The Morgan fingerprint density at radius 1 is 1.04 bits per heavy atom. The fourth-order valence-electron chi connectivity index (χ4n) is 3.86. The molecule has 0 bridgehead atoms. The van der Waals surface area contributed by atoms with Crippen LogP contribution in [0.15, 0.2) is 42.6 Å². The summed E-state index contributed by atoms with van der Waals surface area (Å²) in [5.74, 6) is 1.91. The highest BCUT2D eigenvalue weighted by atomic mass is 16.2. The van der Waals surface area contributed by atoms with Crippen molar-refractivity contribution in [2.24, 2.45) is 0 Å². The van der Waals surface area contributed by atoms with Gasteiger partial charge in [0.1, 0.15) is 18.2 Å². The Bertz CT molecular complexity index is 862. The highest BCUT2D eigenvalue weighted by Gasteiger charge is 2.41. The first-order valence-electron chi connectivity index (χ1n) is 9.81. The second-order valence-electron chi connectivity index (χ2n) is 7.62. The predicted molar refractivity (Wildman–Crippen MR) is 107 cm³/mol. The summed E-state index contributed by atoms with van der Waals surface area (Å²) in [6.45, 7) is 5.94. The van der Waals surface area contributed by atoms with Gasteiger partial charge in [0.2, 0.25) is 0 Å². The SMILES string of the molecule is CC(C)c1nccc(N2CCC(N3CC(=O)N(c4ccccc4)C3=O)CC2)n1. The van der Waals surface area contributed by atoms with Gasteiger partial charge in [-0.05, 0) is 31.0 Å². The molecule has 2 aliphatic rings. The summed E-state index contributed by atoms with van der Waals surface area (Å²) in [5, 5.41) is 0. The monoisotopic (exact) mass is 379 g/mol. The summed E-state index contributed by atoms with van der Waals surface area (Å²) in [6, 6.07) is 10.9. The zero-order valence-electron chi connectivity index (χ0n) is 16.3. The Labute approximate surface area is 165 Å². The average molecular weight is 379 g/mol. The summed E-state index contributed by atoms with van der Waals surface area (Å²) >= 11 is 0. The fraction of sp³-hybridized carbons (Fsp3) is 0.429. The van der Waals surface area contributed by atoms with Gasteiger partial charge in [0.25, 0.3) is 5.91 Å². The maximum atomic E-state index is 12.9. The second kappa shape index (κ2) is 7.58. The Balaban J connectivity index is 1.42. The molecule has 28 heavy (non-hydrogen) atoms. The van der Waals surface area contributed by atoms with Crippen LogP contribution in [0, 0.1) is 0 Å². The summed E-state index contributed by atoms with van der Waals surface area (Å²) < 4.78 is 0. The van der Waals surface area contributed by atoms with Crippen molar-refractivity contribution in [3.05, 3.63) is 48.4 Å². The molecule has 0 atom stereocenters. The van der Waals surface area contributed by atoms with Crippen LogP contribution in [0.1, 0.15) is 38.4 Å². The zero-order valence-corrected chi connectivity index (χ0v) is 16.3. The van der Waals surface area contributed by atoms with E-state index in [1.54, 1.807) is 17.0 Å². The Kier molecular flexibility index (Phi) is 4.98. The molecule has 3 amide bonds. The minimum atomic E-state index is -0.209. The number of benzene rings is 1. The number of para-hydroxylation sites is 1. The van der Waals surface area contributed by atoms with Crippen LogP contribution < -0.4 is 9.80 Å². The van der Waals surface area contributed by atoms with Crippen molar-refractivity contribution in [2.75, 3.05) is 29.4 Å². The number of aromatic nitrogens is 2. The molecule has 3 heterocycles. The summed E-state index contributed by atoms with van der Waals surface area (Å²) in [6.07, 6.45) is 3.45. The molecule has 4 rings (SSSR count). The van der Waals surface area contributed by atoms with E-state index >= 15 is 0 Å². The molecular weight excluding hydrogens is 354 g/mol. The Morgan fingerprint density at radius 3 is 2.43 bits per heavy atom. The first kappa shape index (κ1) is 18.4. The highest BCUT2D eigenvalue weighted by molar-refractivity contribution is 6.19. The fourth-order valence-corrected chi connectivity index (χ4v) is 3.86. The van der Waals surface area contributed by atoms with Gasteiger partial charge >= 0.3 is 6.03 Å². The average Bonchev–Trinajstić information content (AvgIpc) is 3.03. The maximum absolute atomic E-state index is 12.9. The molecule has 0 aliphatic carbocycles. The summed E-state index contributed by atoms with van der Waals surface area (Å²) in [5.41, 5.74) is 0.639. The lowest BCUT2D eigenvalue weighted by Crippen LogP contribution is -2.46. The van der Waals surface area contributed by atoms with E-state index in [2.05, 4.69) is 28.7 Å². The van der Waals surface area contributed by atoms with Crippen molar-refractivity contribution in [1.29, 1.82) is 0 Å². The van der Waals surface area contributed by atoms with Crippen LogP contribution in [0.5, 0.6) is 0 Å². The highest BCUT2D eigenvalue weighted by Crippen LogP contribution is 2.27.